The number of anilines is 1. The number of aryl methyl sites for hydroxylation is 3. The lowest BCUT2D eigenvalue weighted by Crippen LogP contribution is -2.36. The van der Waals surface area contributed by atoms with Gasteiger partial charge in [0.15, 0.2) is 16.4 Å². The minimum absolute atomic E-state index is 0.145. The third-order valence-electron chi connectivity index (χ3n) is 5.56. The number of hydrogen-bond donors (Lipinski definition) is 0. The molecular weight excluding hydrogens is 384 g/mol. The van der Waals surface area contributed by atoms with Crippen molar-refractivity contribution < 1.29 is 4.79 Å². The molecule has 1 fully saturated rings. The number of rotatable bonds is 7. The molecule has 4 rings (SSSR count). The fourth-order valence-electron chi connectivity index (χ4n) is 3.99. The van der Waals surface area contributed by atoms with Crippen molar-refractivity contribution in [3.8, 4) is 0 Å². The summed E-state index contributed by atoms with van der Waals surface area (Å²) in [6.07, 6.45) is 3.85. The zero-order valence-corrected chi connectivity index (χ0v) is 17.7. The molecule has 3 aromatic rings. The summed E-state index contributed by atoms with van der Waals surface area (Å²) in [5.74, 6) is 0.255. The van der Waals surface area contributed by atoms with E-state index in [1.54, 1.807) is 0 Å². The third kappa shape index (κ3) is 3.83. The molecule has 0 spiro atoms. The maximum absolute atomic E-state index is 13.0. The number of Topliss-reactive ketones (excluding diaryl/α,β-unsaturated/α-hetero) is 1. The average Bonchev–Trinajstić information content (AvgIpc) is 3.41. The molecule has 29 heavy (non-hydrogen) atoms. The van der Waals surface area contributed by atoms with E-state index in [2.05, 4.69) is 27.1 Å². The van der Waals surface area contributed by atoms with Crippen molar-refractivity contribution in [2.75, 3.05) is 11.4 Å². The van der Waals surface area contributed by atoms with Crippen molar-refractivity contribution in [1.82, 2.24) is 14.8 Å². The molecule has 3 heterocycles. The van der Waals surface area contributed by atoms with Gasteiger partial charge in [-0.15, -0.1) is 0 Å². The summed E-state index contributed by atoms with van der Waals surface area (Å²) in [7, 11) is 0. The van der Waals surface area contributed by atoms with Gasteiger partial charge in [0.05, 0.1) is 16.4 Å². The van der Waals surface area contributed by atoms with E-state index in [9.17, 15) is 9.59 Å². The highest BCUT2D eigenvalue weighted by molar-refractivity contribution is 7.22. The molecule has 7 heteroatoms. The van der Waals surface area contributed by atoms with Crippen LogP contribution in [0.3, 0.4) is 0 Å². The van der Waals surface area contributed by atoms with Crippen molar-refractivity contribution in [3.05, 3.63) is 51.9 Å². The molecule has 2 aromatic heterocycles. The van der Waals surface area contributed by atoms with Crippen LogP contribution in [0.25, 0.3) is 10.2 Å². The normalized spacial score (nSPS) is 16.6. The molecule has 1 aliphatic heterocycles. The van der Waals surface area contributed by atoms with Gasteiger partial charge in [-0.2, -0.15) is 5.10 Å². The van der Waals surface area contributed by atoms with Gasteiger partial charge in [-0.1, -0.05) is 48.6 Å². The smallest absolute Gasteiger partial charge is 0.294 e. The molecule has 1 saturated heterocycles. The zero-order chi connectivity index (χ0) is 20.4. The van der Waals surface area contributed by atoms with E-state index < -0.39 is 0 Å². The fraction of sp³-hybridized carbons (Fsp3) is 0.455. The first kappa shape index (κ1) is 19.8. The second-order valence-corrected chi connectivity index (χ2v) is 8.38. The van der Waals surface area contributed by atoms with Gasteiger partial charge >= 0.3 is 0 Å². The molecule has 0 saturated carbocycles. The van der Waals surface area contributed by atoms with Gasteiger partial charge in [-0.3, -0.25) is 9.59 Å². The summed E-state index contributed by atoms with van der Waals surface area (Å²) < 4.78 is 2.34. The predicted octanol–water partition coefficient (Wildman–Crippen LogP) is 3.61. The third-order valence-corrected chi connectivity index (χ3v) is 6.71. The molecule has 1 aromatic carbocycles. The molecule has 0 amide bonds. The van der Waals surface area contributed by atoms with Gasteiger partial charge in [-0.25, -0.2) is 9.67 Å². The van der Waals surface area contributed by atoms with Crippen LogP contribution in [-0.2, 0) is 24.2 Å². The van der Waals surface area contributed by atoms with Crippen molar-refractivity contribution in [1.29, 1.82) is 0 Å². The van der Waals surface area contributed by atoms with Crippen LogP contribution in [0.15, 0.2) is 35.1 Å². The first-order valence-corrected chi connectivity index (χ1v) is 11.2. The summed E-state index contributed by atoms with van der Waals surface area (Å²) >= 11 is 1.50. The van der Waals surface area contributed by atoms with E-state index in [4.69, 9.17) is 0 Å². The maximum Gasteiger partial charge on any atom is 0.294 e. The van der Waals surface area contributed by atoms with Crippen LogP contribution >= 0.6 is 11.3 Å². The van der Waals surface area contributed by atoms with Crippen LogP contribution in [0.2, 0.25) is 0 Å². The Morgan fingerprint density at radius 2 is 2.03 bits per heavy atom. The second kappa shape index (κ2) is 8.45. The summed E-state index contributed by atoms with van der Waals surface area (Å²) in [5, 5.41) is 5.26. The Morgan fingerprint density at radius 3 is 2.76 bits per heavy atom. The summed E-state index contributed by atoms with van der Waals surface area (Å²) in [5.41, 5.74) is 2.43. The van der Waals surface area contributed by atoms with Crippen molar-refractivity contribution in [3.63, 3.8) is 0 Å². The lowest BCUT2D eigenvalue weighted by atomic mass is 10.0. The molecule has 6 nitrogen and oxygen atoms in total. The second-order valence-electron chi connectivity index (χ2n) is 7.40. The Labute approximate surface area is 174 Å². The van der Waals surface area contributed by atoms with Gasteiger partial charge in [-0.05, 0) is 38.2 Å². The maximum atomic E-state index is 13.0. The summed E-state index contributed by atoms with van der Waals surface area (Å²) in [4.78, 5) is 32.4. The van der Waals surface area contributed by atoms with Crippen molar-refractivity contribution >= 4 is 32.5 Å². The minimum Gasteiger partial charge on any atom is -0.338 e. The number of ketones is 1. The summed E-state index contributed by atoms with van der Waals surface area (Å²) in [6, 6.07) is 9.97. The highest BCUT2D eigenvalue weighted by Crippen LogP contribution is 2.34. The zero-order valence-electron chi connectivity index (χ0n) is 16.9. The first-order valence-electron chi connectivity index (χ1n) is 10.4. The molecule has 152 valence electrons. The lowest BCUT2D eigenvalue weighted by molar-refractivity contribution is -0.120. The average molecular weight is 411 g/mol. The minimum atomic E-state index is -0.147. The largest absolute Gasteiger partial charge is 0.338 e. The predicted molar refractivity (Wildman–Crippen MR) is 117 cm³/mol. The SMILES string of the molecule is CCc1nn(CC)c(=O)c2nc(N3CCC[C@@H]3C(=O)CCc3ccccc3)sc12. The highest BCUT2D eigenvalue weighted by atomic mass is 32.1. The van der Waals surface area contributed by atoms with Crippen LogP contribution in [0.1, 0.15) is 44.4 Å². The van der Waals surface area contributed by atoms with Gasteiger partial charge < -0.3 is 4.90 Å². The molecule has 0 bridgehead atoms. The molecule has 0 aliphatic carbocycles. The van der Waals surface area contributed by atoms with E-state index in [0.717, 1.165) is 47.8 Å². The van der Waals surface area contributed by atoms with Gasteiger partial charge in [0.2, 0.25) is 0 Å². The van der Waals surface area contributed by atoms with Crippen molar-refractivity contribution in [2.45, 2.75) is 58.5 Å². The number of carbonyl (C=O) groups is 1. The quantitative estimate of drug-likeness (QED) is 0.595. The Morgan fingerprint density at radius 1 is 1.24 bits per heavy atom. The lowest BCUT2D eigenvalue weighted by Gasteiger charge is -2.22. The Balaban J connectivity index is 1.60. The first-order chi connectivity index (χ1) is 14.1. The Bertz CT molecular complexity index is 1070. The molecule has 1 aliphatic rings. The molecule has 0 radical (unpaired) electrons. The standard InChI is InChI=1S/C22H26N4O2S/c1-3-16-20-19(21(28)26(4-2)24-16)23-22(29-20)25-14-8-11-17(25)18(27)13-12-15-9-6-5-7-10-15/h5-7,9-10,17H,3-4,8,11-14H2,1-2H3/t17-/m1/s1. The number of carbonyl (C=O) groups excluding carboxylic acids is 1. The monoisotopic (exact) mass is 410 g/mol. The molecule has 0 N–H and O–H groups in total. The van der Waals surface area contributed by atoms with Crippen LogP contribution in [0.5, 0.6) is 0 Å². The Hall–Kier alpha value is -2.54. The number of aromatic nitrogens is 3. The van der Waals surface area contributed by atoms with Crippen LogP contribution in [-0.4, -0.2) is 33.1 Å². The fourth-order valence-corrected chi connectivity index (χ4v) is 5.17. The van der Waals surface area contributed by atoms with E-state index >= 15 is 0 Å². The number of hydrogen-bond acceptors (Lipinski definition) is 6. The van der Waals surface area contributed by atoms with Crippen LogP contribution < -0.4 is 10.5 Å². The number of fused-ring (bicyclic) bond motifs is 1. The van der Waals surface area contributed by atoms with Gasteiger partial charge in [0.1, 0.15) is 0 Å². The number of thiazole rings is 1. The van der Waals surface area contributed by atoms with Crippen LogP contribution in [0, 0.1) is 0 Å². The van der Waals surface area contributed by atoms with E-state index in [-0.39, 0.29) is 17.4 Å². The van der Waals surface area contributed by atoms with E-state index in [1.165, 1.54) is 21.6 Å². The molecule has 0 unspecified atom stereocenters. The van der Waals surface area contributed by atoms with Gasteiger partial charge in [0, 0.05) is 19.5 Å². The van der Waals surface area contributed by atoms with Crippen LogP contribution in [0.4, 0.5) is 5.13 Å². The van der Waals surface area contributed by atoms with E-state index in [1.807, 2.05) is 32.0 Å². The van der Waals surface area contributed by atoms with E-state index in [0.29, 0.717) is 18.5 Å². The molecular formula is C22H26N4O2S. The Kier molecular flexibility index (Phi) is 5.76. The topological polar surface area (TPSA) is 68.1 Å². The highest BCUT2D eigenvalue weighted by Gasteiger charge is 2.32. The van der Waals surface area contributed by atoms with Gasteiger partial charge in [0.25, 0.3) is 5.56 Å². The van der Waals surface area contributed by atoms with Crippen molar-refractivity contribution in [2.24, 2.45) is 0 Å². The number of benzene rings is 1. The molecule has 1 atom stereocenters. The summed E-state index contributed by atoms with van der Waals surface area (Å²) in [6.45, 7) is 5.28. The number of nitrogens with zero attached hydrogens (tertiary/aromatic N) is 4.